The molecule has 0 bridgehead atoms. The highest BCUT2D eigenvalue weighted by Gasteiger charge is 2.14. The molecule has 0 spiro atoms. The molecule has 2 heterocycles. The number of hydrogen-bond acceptors (Lipinski definition) is 3. The predicted octanol–water partition coefficient (Wildman–Crippen LogP) is 6.47. The van der Waals surface area contributed by atoms with Crippen molar-refractivity contribution >= 4 is 5.97 Å². The first-order valence-corrected chi connectivity index (χ1v) is 10.2. The van der Waals surface area contributed by atoms with E-state index in [-0.39, 0.29) is 11.1 Å². The zero-order valence-corrected chi connectivity index (χ0v) is 17.8. The Hall–Kier alpha value is -3.79. The average Bonchev–Trinajstić information content (AvgIpc) is 2.79. The summed E-state index contributed by atoms with van der Waals surface area (Å²) in [5.74, 6) is -1.06. The lowest BCUT2D eigenvalue weighted by Gasteiger charge is -2.19. The number of carboxylic acid groups (broad SMARTS) is 1. The molecule has 154 valence electrons. The van der Waals surface area contributed by atoms with E-state index in [2.05, 4.69) is 67.1 Å². The summed E-state index contributed by atoms with van der Waals surface area (Å²) < 4.78 is 0. The Morgan fingerprint density at radius 1 is 0.742 bits per heavy atom. The third-order valence-electron chi connectivity index (χ3n) is 5.27. The minimum atomic E-state index is -1.06. The lowest BCUT2D eigenvalue weighted by Crippen LogP contribution is -2.10. The van der Waals surface area contributed by atoms with E-state index >= 15 is 0 Å². The number of aromatic carboxylic acids is 1. The topological polar surface area (TPSA) is 63.1 Å². The molecule has 0 aliphatic rings. The molecule has 0 aliphatic carbocycles. The van der Waals surface area contributed by atoms with Gasteiger partial charge in [-0.15, -0.1) is 0 Å². The van der Waals surface area contributed by atoms with Crippen molar-refractivity contribution in [3.8, 4) is 33.6 Å². The van der Waals surface area contributed by atoms with Crippen LogP contribution in [0.2, 0.25) is 0 Å². The summed E-state index contributed by atoms with van der Waals surface area (Å²) >= 11 is 0. The third-order valence-corrected chi connectivity index (χ3v) is 5.27. The van der Waals surface area contributed by atoms with Crippen molar-refractivity contribution in [2.75, 3.05) is 0 Å². The summed E-state index contributed by atoms with van der Waals surface area (Å²) in [6.45, 7) is 6.61. The van der Waals surface area contributed by atoms with Crippen molar-refractivity contribution in [1.82, 2.24) is 9.97 Å². The maximum atomic E-state index is 11.6. The van der Waals surface area contributed by atoms with Gasteiger partial charge in [-0.25, -0.2) is 9.78 Å². The highest BCUT2D eigenvalue weighted by Crippen LogP contribution is 2.29. The summed E-state index contributed by atoms with van der Waals surface area (Å²) in [5.41, 5.74) is 6.58. The average molecular weight is 409 g/mol. The van der Waals surface area contributed by atoms with Crippen LogP contribution in [0.1, 0.15) is 36.8 Å². The van der Waals surface area contributed by atoms with Gasteiger partial charge in [0.05, 0.1) is 11.4 Å². The maximum absolute atomic E-state index is 11.6. The molecule has 0 atom stereocenters. The fourth-order valence-electron chi connectivity index (χ4n) is 3.47. The molecular formula is C27H24N2O2. The van der Waals surface area contributed by atoms with Gasteiger partial charge in [0.15, 0.2) is 0 Å². The first kappa shape index (κ1) is 20.5. The minimum absolute atomic E-state index is 0.00000126. The van der Waals surface area contributed by atoms with E-state index in [9.17, 15) is 9.90 Å². The monoisotopic (exact) mass is 408 g/mol. The molecule has 0 aliphatic heterocycles. The van der Waals surface area contributed by atoms with Crippen LogP contribution in [-0.2, 0) is 5.41 Å². The van der Waals surface area contributed by atoms with E-state index < -0.39 is 5.97 Å². The van der Waals surface area contributed by atoms with Crippen LogP contribution in [0.25, 0.3) is 33.6 Å². The summed E-state index contributed by atoms with van der Waals surface area (Å²) in [6.07, 6.45) is 1.67. The summed E-state index contributed by atoms with van der Waals surface area (Å²) in [4.78, 5) is 20.2. The van der Waals surface area contributed by atoms with Gasteiger partial charge in [-0.1, -0.05) is 75.4 Å². The molecule has 0 saturated heterocycles. The van der Waals surface area contributed by atoms with E-state index in [0.717, 1.165) is 22.3 Å². The van der Waals surface area contributed by atoms with E-state index in [4.69, 9.17) is 0 Å². The molecule has 4 heteroatoms. The van der Waals surface area contributed by atoms with Gasteiger partial charge in [-0.3, -0.25) is 4.98 Å². The lowest BCUT2D eigenvalue weighted by molar-refractivity contribution is 0.0690. The molecule has 2 aromatic heterocycles. The molecule has 31 heavy (non-hydrogen) atoms. The van der Waals surface area contributed by atoms with Gasteiger partial charge in [-0.2, -0.15) is 0 Å². The van der Waals surface area contributed by atoms with Crippen molar-refractivity contribution in [3.05, 3.63) is 96.3 Å². The Labute approximate surface area is 182 Å². The zero-order chi connectivity index (χ0) is 22.0. The van der Waals surface area contributed by atoms with Crippen LogP contribution >= 0.6 is 0 Å². The van der Waals surface area contributed by atoms with Crippen molar-refractivity contribution in [2.45, 2.75) is 26.2 Å². The first-order valence-electron chi connectivity index (χ1n) is 10.2. The summed E-state index contributed by atoms with van der Waals surface area (Å²) in [5, 5.41) is 9.52. The molecule has 0 unspecified atom stereocenters. The van der Waals surface area contributed by atoms with Gasteiger partial charge < -0.3 is 5.11 Å². The number of carboxylic acids is 1. The van der Waals surface area contributed by atoms with E-state index in [1.54, 1.807) is 12.3 Å². The van der Waals surface area contributed by atoms with Crippen molar-refractivity contribution in [2.24, 2.45) is 0 Å². The Morgan fingerprint density at radius 3 is 1.84 bits per heavy atom. The van der Waals surface area contributed by atoms with Crippen LogP contribution < -0.4 is 0 Å². The predicted molar refractivity (Wildman–Crippen MR) is 124 cm³/mol. The highest BCUT2D eigenvalue weighted by molar-refractivity contribution is 5.88. The highest BCUT2D eigenvalue weighted by atomic mass is 16.4. The molecule has 0 amide bonds. The maximum Gasteiger partial charge on any atom is 0.354 e. The zero-order valence-electron chi connectivity index (χ0n) is 17.8. The number of hydrogen-bond donors (Lipinski definition) is 1. The number of carbonyl (C=O) groups is 1. The molecule has 4 rings (SSSR count). The van der Waals surface area contributed by atoms with Crippen LogP contribution in [-0.4, -0.2) is 21.0 Å². The van der Waals surface area contributed by atoms with Crippen LogP contribution in [0.5, 0.6) is 0 Å². The van der Waals surface area contributed by atoms with Gasteiger partial charge >= 0.3 is 5.97 Å². The van der Waals surface area contributed by atoms with Gasteiger partial charge in [0, 0.05) is 6.20 Å². The molecule has 0 saturated carbocycles. The molecule has 4 aromatic rings. The second kappa shape index (κ2) is 8.15. The Bertz CT molecular complexity index is 1210. The Kier molecular flexibility index (Phi) is 5.38. The van der Waals surface area contributed by atoms with E-state index in [1.165, 1.54) is 5.56 Å². The molecule has 4 nitrogen and oxygen atoms in total. The smallest absolute Gasteiger partial charge is 0.354 e. The normalized spacial score (nSPS) is 11.3. The minimum Gasteiger partial charge on any atom is -0.477 e. The summed E-state index contributed by atoms with van der Waals surface area (Å²) in [6, 6.07) is 25.7. The fourth-order valence-corrected chi connectivity index (χ4v) is 3.47. The largest absolute Gasteiger partial charge is 0.477 e. The number of benzene rings is 2. The van der Waals surface area contributed by atoms with E-state index in [1.807, 2.05) is 36.4 Å². The van der Waals surface area contributed by atoms with Crippen molar-refractivity contribution in [3.63, 3.8) is 0 Å². The first-order chi connectivity index (χ1) is 14.8. The second-order valence-electron chi connectivity index (χ2n) is 8.55. The molecule has 1 N–H and O–H groups in total. The van der Waals surface area contributed by atoms with Crippen LogP contribution in [0.3, 0.4) is 0 Å². The molecular weight excluding hydrogens is 384 g/mol. The fraction of sp³-hybridized carbons (Fsp3) is 0.148. The lowest BCUT2D eigenvalue weighted by atomic mass is 9.86. The van der Waals surface area contributed by atoms with Gasteiger partial charge in [-0.05, 0) is 57.5 Å². The van der Waals surface area contributed by atoms with Gasteiger partial charge in [0.1, 0.15) is 5.69 Å². The Balaban J connectivity index is 1.69. The van der Waals surface area contributed by atoms with Crippen LogP contribution in [0, 0.1) is 0 Å². The van der Waals surface area contributed by atoms with Gasteiger partial charge in [0.2, 0.25) is 0 Å². The van der Waals surface area contributed by atoms with Crippen molar-refractivity contribution < 1.29 is 9.90 Å². The SMILES string of the molecule is CC(C)(C)c1ccc(-c2ccc(-c3cc(C(=O)O)nc(-c4ccccn4)c3)cc2)cc1. The van der Waals surface area contributed by atoms with Crippen molar-refractivity contribution in [1.29, 1.82) is 0 Å². The van der Waals surface area contributed by atoms with Crippen LogP contribution in [0.15, 0.2) is 85.1 Å². The standard InChI is InChI=1S/C27H24N2O2/c1-27(2,3)22-13-11-19(12-14-22)18-7-9-20(10-8-18)21-16-24(23-6-4-5-15-28-23)29-25(17-21)26(30)31/h4-17H,1-3H3,(H,30,31). The van der Waals surface area contributed by atoms with E-state index in [0.29, 0.717) is 11.4 Å². The molecule has 0 radical (unpaired) electrons. The second-order valence-corrected chi connectivity index (χ2v) is 8.55. The van der Waals surface area contributed by atoms with Crippen LogP contribution in [0.4, 0.5) is 0 Å². The number of aromatic nitrogens is 2. The molecule has 2 aromatic carbocycles. The quantitative estimate of drug-likeness (QED) is 0.420. The third kappa shape index (κ3) is 4.53. The molecule has 0 fully saturated rings. The van der Waals surface area contributed by atoms with Gasteiger partial charge in [0.25, 0.3) is 0 Å². The number of pyridine rings is 2. The Morgan fingerprint density at radius 2 is 1.32 bits per heavy atom. The summed E-state index contributed by atoms with van der Waals surface area (Å²) in [7, 11) is 0. The number of rotatable bonds is 4. The number of nitrogens with zero attached hydrogens (tertiary/aromatic N) is 2.